The van der Waals surface area contributed by atoms with Crippen LogP contribution in [-0.2, 0) is 11.3 Å². The summed E-state index contributed by atoms with van der Waals surface area (Å²) in [6, 6.07) is 16.6. The summed E-state index contributed by atoms with van der Waals surface area (Å²) < 4.78 is 5.48. The minimum absolute atomic E-state index is 0.166. The fourth-order valence-electron chi connectivity index (χ4n) is 2.32. The largest absolute Gasteiger partial charge is 0.359 e. The second kappa shape index (κ2) is 6.37. The Bertz CT molecular complexity index is 735. The van der Waals surface area contributed by atoms with Gasteiger partial charge in [0.05, 0.1) is 12.3 Å². The third-order valence-corrected chi connectivity index (χ3v) is 3.43. The number of benzene rings is 2. The molecule has 4 nitrogen and oxygen atoms in total. The normalized spacial score (nSPS) is 13.5. The Morgan fingerprint density at radius 3 is 2.32 bits per heavy atom. The molecule has 0 saturated heterocycles. The van der Waals surface area contributed by atoms with Gasteiger partial charge in [-0.05, 0) is 5.56 Å². The minimum atomic E-state index is -0.182. The molecule has 0 spiro atoms. The molecule has 0 heterocycles. The molecule has 0 fully saturated rings. The molecule has 0 saturated carbocycles. The molecule has 4 heteroatoms. The number of allylic oxidation sites excluding steroid dienone is 2. The lowest BCUT2D eigenvalue weighted by molar-refractivity contribution is 0.0922. The van der Waals surface area contributed by atoms with Crippen LogP contribution >= 0.6 is 0 Å². The Balaban J connectivity index is 1.60. The average molecular weight is 293 g/mol. The van der Waals surface area contributed by atoms with Crippen LogP contribution in [0.2, 0.25) is 0 Å². The smallest absolute Gasteiger partial charge is 0.209 e. The van der Waals surface area contributed by atoms with E-state index < -0.39 is 0 Å². The standard InChI is InChI=1S/C18H15NO3/c20-17-10-16(18(21)15-9-5-4-8-14(15)17)19-12-22-11-13-6-2-1-3-7-13/h1-10,19H,11-12H2. The zero-order valence-corrected chi connectivity index (χ0v) is 11.9. The molecule has 2 aromatic carbocycles. The zero-order valence-electron chi connectivity index (χ0n) is 11.9. The molecule has 1 aliphatic rings. The molecular formula is C18H15NO3. The van der Waals surface area contributed by atoms with Gasteiger partial charge in [0.2, 0.25) is 5.78 Å². The van der Waals surface area contributed by atoms with Gasteiger partial charge in [0.25, 0.3) is 0 Å². The molecular weight excluding hydrogens is 278 g/mol. The molecule has 1 aliphatic carbocycles. The summed E-state index contributed by atoms with van der Waals surface area (Å²) in [7, 11) is 0. The fraction of sp³-hybridized carbons (Fsp3) is 0.111. The number of Topliss-reactive ketones (excluding diaryl/α,β-unsaturated/α-hetero) is 1. The number of hydrogen-bond donors (Lipinski definition) is 1. The monoisotopic (exact) mass is 293 g/mol. The quantitative estimate of drug-likeness (QED) is 0.680. The van der Waals surface area contributed by atoms with Crippen LogP contribution in [-0.4, -0.2) is 18.3 Å². The van der Waals surface area contributed by atoms with Crippen molar-refractivity contribution in [1.29, 1.82) is 0 Å². The maximum Gasteiger partial charge on any atom is 0.209 e. The molecule has 22 heavy (non-hydrogen) atoms. The summed E-state index contributed by atoms with van der Waals surface area (Å²) in [5.41, 5.74) is 2.20. The number of hydrogen-bond acceptors (Lipinski definition) is 4. The summed E-state index contributed by atoms with van der Waals surface area (Å²) in [5.74, 6) is -0.348. The van der Waals surface area contributed by atoms with Crippen LogP contribution in [0.4, 0.5) is 0 Å². The van der Waals surface area contributed by atoms with E-state index in [-0.39, 0.29) is 24.0 Å². The second-order valence-corrected chi connectivity index (χ2v) is 4.95. The maximum atomic E-state index is 12.3. The number of nitrogens with one attached hydrogen (secondary N) is 1. The lowest BCUT2D eigenvalue weighted by Crippen LogP contribution is -2.28. The number of ketones is 2. The van der Waals surface area contributed by atoms with Gasteiger partial charge < -0.3 is 10.1 Å². The van der Waals surface area contributed by atoms with Gasteiger partial charge in [-0.2, -0.15) is 0 Å². The Labute approximate surface area is 128 Å². The summed E-state index contributed by atoms with van der Waals surface area (Å²) in [6.07, 6.45) is 1.33. The molecule has 0 radical (unpaired) electrons. The highest BCUT2D eigenvalue weighted by molar-refractivity contribution is 6.24. The van der Waals surface area contributed by atoms with Crippen LogP contribution < -0.4 is 5.32 Å². The van der Waals surface area contributed by atoms with Gasteiger partial charge in [-0.25, -0.2) is 0 Å². The third kappa shape index (κ3) is 2.97. The Hall–Kier alpha value is -2.72. The predicted octanol–water partition coefficient (Wildman–Crippen LogP) is 2.71. The van der Waals surface area contributed by atoms with Gasteiger partial charge in [0, 0.05) is 17.2 Å². The topological polar surface area (TPSA) is 55.4 Å². The van der Waals surface area contributed by atoms with E-state index in [0.29, 0.717) is 17.7 Å². The minimum Gasteiger partial charge on any atom is -0.359 e. The van der Waals surface area contributed by atoms with Crippen LogP contribution in [0.3, 0.4) is 0 Å². The van der Waals surface area contributed by atoms with E-state index in [9.17, 15) is 9.59 Å². The third-order valence-electron chi connectivity index (χ3n) is 3.43. The van der Waals surface area contributed by atoms with E-state index in [0.717, 1.165) is 5.56 Å². The molecule has 3 rings (SSSR count). The molecule has 1 N–H and O–H groups in total. The summed E-state index contributed by atoms with van der Waals surface area (Å²) >= 11 is 0. The van der Waals surface area contributed by atoms with E-state index in [4.69, 9.17) is 4.74 Å². The SMILES string of the molecule is O=C1C=C(NCOCc2ccccc2)C(=O)c2ccccc21. The molecule has 110 valence electrons. The second-order valence-electron chi connectivity index (χ2n) is 4.95. The number of carbonyl (C=O) groups is 2. The van der Waals surface area contributed by atoms with Gasteiger partial charge in [0.1, 0.15) is 6.73 Å². The zero-order chi connectivity index (χ0) is 15.4. The van der Waals surface area contributed by atoms with Crippen molar-refractivity contribution in [2.45, 2.75) is 6.61 Å². The molecule has 0 amide bonds. The first-order valence-corrected chi connectivity index (χ1v) is 7.01. The van der Waals surface area contributed by atoms with Crippen molar-refractivity contribution in [3.63, 3.8) is 0 Å². The number of ether oxygens (including phenoxy) is 1. The van der Waals surface area contributed by atoms with Crippen molar-refractivity contribution in [3.8, 4) is 0 Å². The molecule has 2 aromatic rings. The highest BCUT2D eigenvalue weighted by Gasteiger charge is 2.24. The molecule has 0 aromatic heterocycles. The molecule has 0 unspecified atom stereocenters. The first kappa shape index (κ1) is 14.2. The highest BCUT2D eigenvalue weighted by Crippen LogP contribution is 2.19. The Kier molecular flexibility index (Phi) is 4.12. The first-order valence-electron chi connectivity index (χ1n) is 7.01. The van der Waals surface area contributed by atoms with Gasteiger partial charge in [0.15, 0.2) is 5.78 Å². The molecule has 0 bridgehead atoms. The molecule has 0 atom stereocenters. The van der Waals surface area contributed by atoms with E-state index in [1.54, 1.807) is 24.3 Å². The van der Waals surface area contributed by atoms with E-state index in [2.05, 4.69) is 5.32 Å². The number of fused-ring (bicyclic) bond motifs is 1. The van der Waals surface area contributed by atoms with Crippen LogP contribution in [0.5, 0.6) is 0 Å². The summed E-state index contributed by atoms with van der Waals surface area (Å²) in [5, 5.41) is 2.88. The van der Waals surface area contributed by atoms with Gasteiger partial charge >= 0.3 is 0 Å². The summed E-state index contributed by atoms with van der Waals surface area (Å²) in [6.45, 7) is 0.613. The van der Waals surface area contributed by atoms with E-state index in [1.165, 1.54) is 6.08 Å². The van der Waals surface area contributed by atoms with Gasteiger partial charge in [-0.3, -0.25) is 9.59 Å². The summed E-state index contributed by atoms with van der Waals surface area (Å²) in [4.78, 5) is 24.3. The van der Waals surface area contributed by atoms with Crippen molar-refractivity contribution < 1.29 is 14.3 Å². The Morgan fingerprint density at radius 2 is 1.55 bits per heavy atom. The number of carbonyl (C=O) groups excluding carboxylic acids is 2. The van der Waals surface area contributed by atoms with Crippen molar-refractivity contribution in [3.05, 3.63) is 83.1 Å². The van der Waals surface area contributed by atoms with Crippen LogP contribution in [0.15, 0.2) is 66.4 Å². The lowest BCUT2D eigenvalue weighted by atomic mass is 9.93. The van der Waals surface area contributed by atoms with Crippen LogP contribution in [0, 0.1) is 0 Å². The van der Waals surface area contributed by atoms with Crippen LogP contribution in [0.1, 0.15) is 26.3 Å². The first-order chi connectivity index (χ1) is 10.8. The fourth-order valence-corrected chi connectivity index (χ4v) is 2.32. The average Bonchev–Trinajstić information content (AvgIpc) is 2.57. The van der Waals surface area contributed by atoms with Gasteiger partial charge in [-0.15, -0.1) is 0 Å². The number of rotatable bonds is 5. The van der Waals surface area contributed by atoms with Crippen molar-refractivity contribution in [2.24, 2.45) is 0 Å². The van der Waals surface area contributed by atoms with E-state index >= 15 is 0 Å². The molecule has 0 aliphatic heterocycles. The lowest BCUT2D eigenvalue weighted by Gasteiger charge is -2.16. The van der Waals surface area contributed by atoms with Crippen LogP contribution in [0.25, 0.3) is 0 Å². The van der Waals surface area contributed by atoms with Gasteiger partial charge in [-0.1, -0.05) is 54.6 Å². The van der Waals surface area contributed by atoms with Crippen molar-refractivity contribution in [2.75, 3.05) is 6.73 Å². The van der Waals surface area contributed by atoms with Crippen molar-refractivity contribution in [1.82, 2.24) is 5.32 Å². The maximum absolute atomic E-state index is 12.3. The van der Waals surface area contributed by atoms with Crippen molar-refractivity contribution >= 4 is 11.6 Å². The predicted molar refractivity (Wildman–Crippen MR) is 82.4 cm³/mol. The Morgan fingerprint density at radius 1 is 0.864 bits per heavy atom. The van der Waals surface area contributed by atoms with E-state index in [1.807, 2.05) is 30.3 Å². The highest BCUT2D eigenvalue weighted by atomic mass is 16.5.